The first kappa shape index (κ1) is 14.8. The van der Waals surface area contributed by atoms with Gasteiger partial charge in [-0.2, -0.15) is 4.91 Å². The van der Waals surface area contributed by atoms with E-state index < -0.39 is 11.7 Å². The van der Waals surface area contributed by atoms with Gasteiger partial charge in [0.15, 0.2) is 0 Å². The van der Waals surface area contributed by atoms with Crippen molar-refractivity contribution in [3.8, 4) is 0 Å². The van der Waals surface area contributed by atoms with Gasteiger partial charge in [-0.15, -0.1) is 0 Å². The predicted molar refractivity (Wildman–Crippen MR) is 67.4 cm³/mol. The molecule has 0 aromatic heterocycles. The van der Waals surface area contributed by atoms with Crippen molar-refractivity contribution < 1.29 is 14.4 Å². The van der Waals surface area contributed by atoms with Gasteiger partial charge in [0.25, 0.3) is 0 Å². The summed E-state index contributed by atoms with van der Waals surface area (Å²) in [5.41, 5.74) is -1.00. The van der Waals surface area contributed by atoms with Gasteiger partial charge in [-0.3, -0.25) is 9.74 Å². The van der Waals surface area contributed by atoms with Crippen LogP contribution in [0.5, 0.6) is 0 Å². The molecule has 8 nitrogen and oxygen atoms in total. The number of rotatable bonds is 6. The monoisotopic (exact) mass is 274 g/mol. The van der Waals surface area contributed by atoms with E-state index in [0.29, 0.717) is 0 Å². The molecular weight excluding hydrogens is 252 g/mol. The van der Waals surface area contributed by atoms with Crippen LogP contribution in [-0.4, -0.2) is 49.1 Å². The average molecular weight is 274 g/mol. The first-order valence-electron chi connectivity index (χ1n) is 6.56. The fourth-order valence-electron chi connectivity index (χ4n) is 3.23. The molecule has 4 N–H and O–H groups in total. The van der Waals surface area contributed by atoms with E-state index in [1.54, 1.807) is 0 Å². The van der Waals surface area contributed by atoms with E-state index in [9.17, 15) is 4.91 Å². The number of hydrogen-bond acceptors (Lipinski definition) is 8. The van der Waals surface area contributed by atoms with Crippen molar-refractivity contribution in [3.63, 3.8) is 0 Å². The summed E-state index contributed by atoms with van der Waals surface area (Å²) in [6, 6.07) is 0. The molecule has 2 heterocycles. The van der Waals surface area contributed by atoms with Crippen LogP contribution in [0.2, 0.25) is 0 Å². The lowest BCUT2D eigenvalue weighted by molar-refractivity contribution is -0.158. The van der Waals surface area contributed by atoms with E-state index in [-0.39, 0.29) is 25.3 Å². The minimum absolute atomic E-state index is 0.0139. The number of nitrogens with two attached hydrogens (primary N) is 2. The van der Waals surface area contributed by atoms with Gasteiger partial charge in [-0.1, -0.05) is 12.1 Å². The van der Waals surface area contributed by atoms with E-state index in [0.717, 1.165) is 25.9 Å². The van der Waals surface area contributed by atoms with Gasteiger partial charge in [0.05, 0.1) is 0 Å². The fourth-order valence-corrected chi connectivity index (χ4v) is 3.23. The van der Waals surface area contributed by atoms with Gasteiger partial charge in [0.2, 0.25) is 0 Å². The minimum Gasteiger partial charge on any atom is -0.349 e. The summed E-state index contributed by atoms with van der Waals surface area (Å²) in [6.07, 6.45) is 1.67. The molecule has 110 valence electrons. The second kappa shape index (κ2) is 6.21. The zero-order valence-electron chi connectivity index (χ0n) is 11.2. The third-order valence-corrected chi connectivity index (χ3v) is 4.11. The maximum atomic E-state index is 10.7. The molecule has 0 amide bonds. The van der Waals surface area contributed by atoms with Crippen molar-refractivity contribution >= 4 is 0 Å². The molecule has 2 aliphatic rings. The quantitative estimate of drug-likeness (QED) is 0.506. The molecule has 2 fully saturated rings. The molecule has 2 saturated heterocycles. The van der Waals surface area contributed by atoms with Gasteiger partial charge >= 0.3 is 0 Å². The van der Waals surface area contributed by atoms with Crippen molar-refractivity contribution in [1.29, 1.82) is 0 Å². The summed E-state index contributed by atoms with van der Waals surface area (Å²) in [4.78, 5) is 22.7. The van der Waals surface area contributed by atoms with Crippen LogP contribution >= 0.6 is 0 Å². The van der Waals surface area contributed by atoms with Crippen LogP contribution in [0.1, 0.15) is 19.8 Å². The van der Waals surface area contributed by atoms with Crippen LogP contribution in [0.25, 0.3) is 0 Å². The van der Waals surface area contributed by atoms with Crippen LogP contribution in [0.15, 0.2) is 5.18 Å². The van der Waals surface area contributed by atoms with Gasteiger partial charge < -0.3 is 9.57 Å². The molecule has 4 unspecified atom stereocenters. The molecule has 8 heteroatoms. The topological polar surface area (TPSA) is 112 Å². The van der Waals surface area contributed by atoms with Crippen LogP contribution in [0.3, 0.4) is 0 Å². The number of hydrogen-bond donors (Lipinski definition) is 2. The van der Waals surface area contributed by atoms with Crippen LogP contribution in [0, 0.1) is 10.8 Å². The van der Waals surface area contributed by atoms with E-state index in [1.165, 1.54) is 0 Å². The summed E-state index contributed by atoms with van der Waals surface area (Å²) in [6.45, 7) is 3.86. The molecule has 0 radical (unpaired) electrons. The third-order valence-electron chi connectivity index (χ3n) is 4.11. The van der Waals surface area contributed by atoms with E-state index >= 15 is 0 Å². The van der Waals surface area contributed by atoms with Crippen LogP contribution < -0.4 is 11.8 Å². The summed E-state index contributed by atoms with van der Waals surface area (Å²) in [5.74, 6) is 10.5. The highest BCUT2D eigenvalue weighted by Gasteiger charge is 2.56. The molecule has 0 aliphatic carbocycles. The van der Waals surface area contributed by atoms with E-state index in [4.69, 9.17) is 26.2 Å². The Morgan fingerprint density at radius 2 is 2.11 bits per heavy atom. The lowest BCUT2D eigenvalue weighted by Gasteiger charge is -2.30. The number of nitrogens with zero attached hydrogens (tertiary/aromatic N) is 2. The maximum absolute atomic E-state index is 10.7. The fraction of sp³-hybridized carbons (Fsp3) is 1.00. The second-order valence-corrected chi connectivity index (χ2v) is 5.33. The van der Waals surface area contributed by atoms with Crippen LogP contribution in [-0.2, 0) is 14.4 Å². The summed E-state index contributed by atoms with van der Waals surface area (Å²) >= 11 is 0. The Morgan fingerprint density at radius 3 is 2.63 bits per heavy atom. The molecule has 0 aromatic carbocycles. The average Bonchev–Trinajstić information content (AvgIpc) is 2.98. The maximum Gasteiger partial charge on any atom is 0.147 e. The molecule has 0 aromatic rings. The standard InChI is InChI=1S/C11H22N4O4/c1-8-9(19-13)11(6-14-16,7-17-12)18-10(8)15-4-2-3-5-15/h8-10H,2-7,12-13H2,1H3. The Bertz CT molecular complexity index is 313. The summed E-state index contributed by atoms with van der Waals surface area (Å²) in [5, 5.41) is 2.94. The number of likely N-dealkylation sites (tertiary alicyclic amines) is 1. The Balaban J connectivity index is 2.19. The lowest BCUT2D eigenvalue weighted by atomic mass is 9.91. The Kier molecular flexibility index (Phi) is 4.82. The van der Waals surface area contributed by atoms with Gasteiger partial charge in [-0.05, 0) is 12.8 Å². The summed E-state index contributed by atoms with van der Waals surface area (Å²) in [7, 11) is 0. The second-order valence-electron chi connectivity index (χ2n) is 5.33. The smallest absolute Gasteiger partial charge is 0.147 e. The minimum atomic E-state index is -1.00. The predicted octanol–water partition coefficient (Wildman–Crippen LogP) is -0.271. The first-order chi connectivity index (χ1) is 9.18. The zero-order valence-corrected chi connectivity index (χ0v) is 11.2. The van der Waals surface area contributed by atoms with Gasteiger partial charge in [0.1, 0.15) is 31.1 Å². The molecule has 2 rings (SSSR count). The molecule has 2 aliphatic heterocycles. The number of ether oxygens (including phenoxy) is 1. The van der Waals surface area contributed by atoms with Crippen molar-refractivity contribution in [3.05, 3.63) is 4.91 Å². The molecule has 0 bridgehead atoms. The highest BCUT2D eigenvalue weighted by atomic mass is 16.7. The van der Waals surface area contributed by atoms with Gasteiger partial charge in [-0.25, -0.2) is 11.8 Å². The van der Waals surface area contributed by atoms with Gasteiger partial charge in [0, 0.05) is 19.0 Å². The Labute approximate surface area is 112 Å². The molecule has 19 heavy (non-hydrogen) atoms. The van der Waals surface area contributed by atoms with Crippen molar-refractivity contribution in [1.82, 2.24) is 4.90 Å². The van der Waals surface area contributed by atoms with Crippen LogP contribution in [0.4, 0.5) is 0 Å². The lowest BCUT2D eigenvalue weighted by Crippen LogP contribution is -2.51. The summed E-state index contributed by atoms with van der Waals surface area (Å²) < 4.78 is 6.05. The first-order valence-corrected chi connectivity index (χ1v) is 6.56. The van der Waals surface area contributed by atoms with Crippen molar-refractivity contribution in [2.24, 2.45) is 22.9 Å². The Hall–Kier alpha value is -0.640. The number of nitroso groups, excluding NO2 is 1. The molecule has 0 saturated carbocycles. The zero-order chi connectivity index (χ0) is 13.9. The highest BCUT2D eigenvalue weighted by Crippen LogP contribution is 2.39. The highest BCUT2D eigenvalue weighted by molar-refractivity contribution is 5.02. The largest absolute Gasteiger partial charge is 0.349 e. The normalized spacial score (nSPS) is 39.8. The SMILES string of the molecule is CC1C(N2CCCC2)OC(CN=O)(CON)C1ON. The van der Waals surface area contributed by atoms with Crippen molar-refractivity contribution in [2.45, 2.75) is 37.7 Å². The van der Waals surface area contributed by atoms with E-state index in [1.807, 2.05) is 6.92 Å². The third kappa shape index (κ3) is 2.64. The molecule has 0 spiro atoms. The van der Waals surface area contributed by atoms with Crippen molar-refractivity contribution in [2.75, 3.05) is 26.2 Å². The Morgan fingerprint density at radius 1 is 1.42 bits per heavy atom. The molecular formula is C11H22N4O4. The van der Waals surface area contributed by atoms with E-state index in [2.05, 4.69) is 10.1 Å². The molecule has 4 atom stereocenters.